The number of aromatic nitrogens is 1. The zero-order chi connectivity index (χ0) is 29.0. The molecule has 0 spiro atoms. The average molecular weight is 565 g/mol. The van der Waals surface area contributed by atoms with Gasteiger partial charge in [0.1, 0.15) is 5.75 Å². The first kappa shape index (κ1) is 28.8. The Morgan fingerprint density at radius 3 is 2.60 bits per heavy atom. The van der Waals surface area contributed by atoms with Crippen LogP contribution in [-0.4, -0.2) is 36.8 Å². The summed E-state index contributed by atoms with van der Waals surface area (Å²) in [6.07, 6.45) is 1.77. The Balaban J connectivity index is 1.93. The van der Waals surface area contributed by atoms with Gasteiger partial charge in [0.25, 0.3) is 5.56 Å². The largest absolute Gasteiger partial charge is 0.497 e. The number of ether oxygens (including phenoxy) is 4. The van der Waals surface area contributed by atoms with Crippen LogP contribution in [0.2, 0.25) is 0 Å². The third-order valence-electron chi connectivity index (χ3n) is 6.02. The van der Waals surface area contributed by atoms with E-state index in [9.17, 15) is 14.4 Å². The van der Waals surface area contributed by atoms with Crippen LogP contribution in [0.3, 0.4) is 0 Å². The predicted molar refractivity (Wildman–Crippen MR) is 151 cm³/mol. The number of hydrogen-bond acceptors (Lipinski definition) is 9. The number of hydrogen-bond donors (Lipinski definition) is 0. The van der Waals surface area contributed by atoms with E-state index in [1.807, 2.05) is 45.0 Å². The zero-order valence-corrected chi connectivity index (χ0v) is 24.2. The molecule has 0 saturated heterocycles. The number of thiazole rings is 1. The molecule has 0 N–H and O–H groups in total. The van der Waals surface area contributed by atoms with Crippen LogP contribution in [0, 0.1) is 5.92 Å². The van der Waals surface area contributed by atoms with Gasteiger partial charge in [-0.3, -0.25) is 14.2 Å². The van der Waals surface area contributed by atoms with Crippen LogP contribution >= 0.6 is 11.3 Å². The van der Waals surface area contributed by atoms with Crippen molar-refractivity contribution in [2.24, 2.45) is 10.9 Å². The summed E-state index contributed by atoms with van der Waals surface area (Å²) in [6, 6.07) is 11.5. The Kier molecular flexibility index (Phi) is 8.89. The predicted octanol–water partition coefficient (Wildman–Crippen LogP) is 3.77. The van der Waals surface area contributed by atoms with Crippen LogP contribution in [0.1, 0.15) is 51.8 Å². The molecule has 0 bridgehead atoms. The Morgan fingerprint density at radius 2 is 1.93 bits per heavy atom. The molecule has 0 unspecified atom stereocenters. The molecule has 0 aliphatic carbocycles. The van der Waals surface area contributed by atoms with Crippen LogP contribution in [-0.2, 0) is 14.3 Å². The third-order valence-corrected chi connectivity index (χ3v) is 7.00. The lowest BCUT2D eigenvalue weighted by atomic mass is 9.95. The number of methoxy groups -OCH3 is 1. The van der Waals surface area contributed by atoms with Gasteiger partial charge < -0.3 is 18.9 Å². The number of allylic oxidation sites excluding steroid dienone is 1. The molecule has 0 radical (unpaired) electrons. The number of benzene rings is 2. The molecule has 10 heteroatoms. The van der Waals surface area contributed by atoms with Crippen molar-refractivity contribution in [3.8, 4) is 17.2 Å². The maximum absolute atomic E-state index is 13.9. The quantitative estimate of drug-likeness (QED) is 0.288. The molecule has 40 heavy (non-hydrogen) atoms. The molecule has 9 nitrogen and oxygen atoms in total. The molecule has 210 valence electrons. The summed E-state index contributed by atoms with van der Waals surface area (Å²) in [7, 11) is 1.58. The van der Waals surface area contributed by atoms with Gasteiger partial charge in [-0.15, -0.1) is 0 Å². The van der Waals surface area contributed by atoms with E-state index in [1.54, 1.807) is 38.3 Å². The fourth-order valence-electron chi connectivity index (χ4n) is 4.30. The van der Waals surface area contributed by atoms with E-state index in [0.29, 0.717) is 38.7 Å². The highest BCUT2D eigenvalue weighted by Crippen LogP contribution is 2.36. The fourth-order valence-corrected chi connectivity index (χ4v) is 5.35. The molecule has 1 aliphatic rings. The van der Waals surface area contributed by atoms with Gasteiger partial charge in [0.05, 0.1) is 42.2 Å². The van der Waals surface area contributed by atoms with Gasteiger partial charge in [-0.2, -0.15) is 0 Å². The first-order valence-electron chi connectivity index (χ1n) is 12.9. The molecule has 2 aromatic carbocycles. The van der Waals surface area contributed by atoms with Crippen LogP contribution in [0.25, 0.3) is 6.08 Å². The molecule has 0 saturated carbocycles. The van der Waals surface area contributed by atoms with Crippen LogP contribution in [0.4, 0.5) is 0 Å². The molecular weight excluding hydrogens is 532 g/mol. The second-order valence-corrected chi connectivity index (χ2v) is 10.6. The van der Waals surface area contributed by atoms with Crippen LogP contribution in [0.5, 0.6) is 17.2 Å². The lowest BCUT2D eigenvalue weighted by Gasteiger charge is -2.25. The minimum atomic E-state index is -0.839. The van der Waals surface area contributed by atoms with Crippen LogP contribution in [0.15, 0.2) is 63.5 Å². The molecule has 1 aliphatic heterocycles. The topological polar surface area (TPSA) is 105 Å². The van der Waals surface area contributed by atoms with Gasteiger partial charge in [0.2, 0.25) is 0 Å². The van der Waals surface area contributed by atoms with E-state index >= 15 is 0 Å². The van der Waals surface area contributed by atoms with E-state index in [-0.39, 0.29) is 29.4 Å². The van der Waals surface area contributed by atoms with E-state index in [2.05, 4.69) is 4.99 Å². The lowest BCUT2D eigenvalue weighted by molar-refractivity contribution is -0.140. The number of nitrogens with zero attached hydrogens (tertiary/aromatic N) is 2. The summed E-state index contributed by atoms with van der Waals surface area (Å²) in [5, 5.41) is 0. The van der Waals surface area contributed by atoms with E-state index in [0.717, 1.165) is 5.56 Å². The molecule has 2 heterocycles. The van der Waals surface area contributed by atoms with Gasteiger partial charge in [0.15, 0.2) is 16.3 Å². The van der Waals surface area contributed by atoms with Gasteiger partial charge >= 0.3 is 11.9 Å². The number of fused-ring (bicyclic) bond motifs is 1. The maximum Gasteiger partial charge on any atom is 0.338 e. The van der Waals surface area contributed by atoms with Crippen molar-refractivity contribution >= 4 is 29.4 Å². The SMILES string of the molecule is CCOc1cc([C@@H]2C(C(=O)OCC(C)C)=C(C)N=c3s/c(=C/c4cccc(OC)c4)c(=O)n32)ccc1OC(C)=O. The monoisotopic (exact) mass is 564 g/mol. The van der Waals surface area contributed by atoms with Crippen molar-refractivity contribution in [1.29, 1.82) is 0 Å². The normalized spacial score (nSPS) is 15.0. The Labute approximate surface area is 236 Å². The number of esters is 2. The summed E-state index contributed by atoms with van der Waals surface area (Å²) in [6.45, 7) is 9.28. The smallest absolute Gasteiger partial charge is 0.338 e. The molecule has 4 rings (SSSR count). The van der Waals surface area contributed by atoms with Gasteiger partial charge in [-0.1, -0.05) is 43.4 Å². The highest BCUT2D eigenvalue weighted by molar-refractivity contribution is 7.07. The number of rotatable bonds is 9. The average Bonchev–Trinajstić information content (AvgIpc) is 3.21. The molecule has 1 atom stereocenters. The molecule has 1 aromatic heterocycles. The van der Waals surface area contributed by atoms with E-state index in [4.69, 9.17) is 18.9 Å². The van der Waals surface area contributed by atoms with E-state index < -0.39 is 18.0 Å². The zero-order valence-electron chi connectivity index (χ0n) is 23.3. The lowest BCUT2D eigenvalue weighted by Crippen LogP contribution is -2.40. The van der Waals surface area contributed by atoms with Crippen molar-refractivity contribution in [1.82, 2.24) is 4.57 Å². The summed E-state index contributed by atoms with van der Waals surface area (Å²) < 4.78 is 24.0. The van der Waals surface area contributed by atoms with Crippen LogP contribution < -0.4 is 29.1 Å². The summed E-state index contributed by atoms with van der Waals surface area (Å²) in [5.74, 6) is 0.310. The fraction of sp³-hybridized carbons (Fsp3) is 0.333. The maximum atomic E-state index is 13.9. The minimum Gasteiger partial charge on any atom is -0.497 e. The minimum absolute atomic E-state index is 0.125. The Hall–Kier alpha value is -4.18. The molecule has 3 aromatic rings. The Morgan fingerprint density at radius 1 is 1.15 bits per heavy atom. The summed E-state index contributed by atoms with van der Waals surface area (Å²) in [5.41, 5.74) is 1.77. The summed E-state index contributed by atoms with van der Waals surface area (Å²) >= 11 is 1.23. The van der Waals surface area contributed by atoms with Crippen molar-refractivity contribution < 1.29 is 28.5 Å². The summed E-state index contributed by atoms with van der Waals surface area (Å²) in [4.78, 5) is 44.1. The van der Waals surface area contributed by atoms with Crippen molar-refractivity contribution in [3.05, 3.63) is 84.5 Å². The number of carbonyl (C=O) groups is 2. The second-order valence-electron chi connectivity index (χ2n) is 9.58. The van der Waals surface area contributed by atoms with Crippen molar-refractivity contribution in [3.63, 3.8) is 0 Å². The molecule has 0 fully saturated rings. The van der Waals surface area contributed by atoms with Gasteiger partial charge in [-0.25, -0.2) is 9.79 Å². The number of carbonyl (C=O) groups excluding carboxylic acids is 2. The first-order valence-corrected chi connectivity index (χ1v) is 13.7. The van der Waals surface area contributed by atoms with Crippen molar-refractivity contribution in [2.75, 3.05) is 20.3 Å². The first-order chi connectivity index (χ1) is 19.1. The van der Waals surface area contributed by atoms with Gasteiger partial charge in [0, 0.05) is 6.92 Å². The highest BCUT2D eigenvalue weighted by atomic mass is 32.1. The van der Waals surface area contributed by atoms with E-state index in [1.165, 1.54) is 22.8 Å². The van der Waals surface area contributed by atoms with Crippen molar-refractivity contribution in [2.45, 2.75) is 40.7 Å². The van der Waals surface area contributed by atoms with Gasteiger partial charge in [-0.05, 0) is 61.2 Å². The Bertz CT molecular complexity index is 1650. The third kappa shape index (κ3) is 6.17. The standard InChI is InChI=1S/C30H32N2O7S/c1-7-37-24-15-21(11-12-23(24)39-19(5)33)27-26(29(35)38-16-17(2)3)18(4)31-30-32(27)28(34)25(40-30)14-20-9-8-10-22(13-20)36-6/h8-15,17,27H,7,16H2,1-6H3/b25-14+/t27-/m1/s1. The second kappa shape index (κ2) is 12.3. The molecule has 0 amide bonds. The highest BCUT2D eigenvalue weighted by Gasteiger charge is 2.34. The molecular formula is C30H32N2O7S.